The summed E-state index contributed by atoms with van der Waals surface area (Å²) < 4.78 is 15.2. The van der Waals surface area contributed by atoms with E-state index < -0.39 is 0 Å². The van der Waals surface area contributed by atoms with Crippen molar-refractivity contribution in [1.82, 2.24) is 14.5 Å². The minimum Gasteiger partial charge on any atom is -0.278 e. The first-order chi connectivity index (χ1) is 9.61. The number of fused-ring (bicyclic) bond motifs is 1. The summed E-state index contributed by atoms with van der Waals surface area (Å²) in [6, 6.07) is 6.03. The first-order valence-electron chi connectivity index (χ1n) is 5.96. The number of benzene rings is 1. The molecule has 0 aliphatic carbocycles. The Hall–Kier alpha value is -1.65. The van der Waals surface area contributed by atoms with Gasteiger partial charge in [0.25, 0.3) is 0 Å². The van der Waals surface area contributed by atoms with Gasteiger partial charge >= 0.3 is 0 Å². The summed E-state index contributed by atoms with van der Waals surface area (Å²) >= 11 is 12.1. The lowest BCUT2D eigenvalue weighted by molar-refractivity contribution is 0.626. The van der Waals surface area contributed by atoms with Crippen molar-refractivity contribution in [1.29, 1.82) is 0 Å². The molecule has 102 valence electrons. The summed E-state index contributed by atoms with van der Waals surface area (Å²) in [4.78, 5) is 8.78. The summed E-state index contributed by atoms with van der Waals surface area (Å²) in [6.45, 7) is 1.94. The van der Waals surface area contributed by atoms with Gasteiger partial charge in [-0.05, 0) is 36.8 Å². The second-order valence-corrected chi connectivity index (χ2v) is 5.07. The van der Waals surface area contributed by atoms with Crippen molar-refractivity contribution in [3.05, 3.63) is 52.7 Å². The van der Waals surface area contributed by atoms with E-state index in [1.807, 2.05) is 13.0 Å². The molecule has 0 spiro atoms. The van der Waals surface area contributed by atoms with E-state index in [2.05, 4.69) is 9.97 Å². The second-order valence-electron chi connectivity index (χ2n) is 4.39. The molecule has 20 heavy (non-hydrogen) atoms. The zero-order valence-electron chi connectivity index (χ0n) is 10.6. The molecule has 2 aromatic heterocycles. The maximum Gasteiger partial charge on any atom is 0.165 e. The smallest absolute Gasteiger partial charge is 0.165 e. The molecule has 0 bridgehead atoms. The molecule has 3 nitrogen and oxygen atoms in total. The normalized spacial score (nSPS) is 11.2. The molecule has 0 aliphatic rings. The first-order valence-corrected chi connectivity index (χ1v) is 6.87. The predicted octanol–water partition coefficient (Wildman–Crippen LogP) is 4.26. The molecule has 1 aromatic carbocycles. The van der Waals surface area contributed by atoms with Gasteiger partial charge in [-0.15, -0.1) is 11.6 Å². The third-order valence-corrected chi connectivity index (χ3v) is 3.64. The highest BCUT2D eigenvalue weighted by molar-refractivity contribution is 6.32. The topological polar surface area (TPSA) is 30.7 Å². The van der Waals surface area contributed by atoms with Crippen LogP contribution in [0.2, 0.25) is 5.02 Å². The van der Waals surface area contributed by atoms with Gasteiger partial charge in [0, 0.05) is 6.20 Å². The van der Waals surface area contributed by atoms with Crippen LogP contribution >= 0.6 is 23.2 Å². The number of halogens is 3. The monoisotopic (exact) mass is 309 g/mol. The van der Waals surface area contributed by atoms with E-state index >= 15 is 0 Å². The van der Waals surface area contributed by atoms with Crippen molar-refractivity contribution in [3.8, 4) is 5.69 Å². The molecule has 0 N–H and O–H groups in total. The van der Waals surface area contributed by atoms with Crippen molar-refractivity contribution >= 4 is 34.4 Å². The molecule has 0 atom stereocenters. The summed E-state index contributed by atoms with van der Waals surface area (Å²) in [6.07, 6.45) is 1.68. The van der Waals surface area contributed by atoms with Crippen LogP contribution in [-0.4, -0.2) is 14.5 Å². The predicted molar refractivity (Wildman–Crippen MR) is 78.1 cm³/mol. The number of hydrogen-bond acceptors (Lipinski definition) is 2. The van der Waals surface area contributed by atoms with E-state index in [0.29, 0.717) is 22.2 Å². The Morgan fingerprint density at radius 2 is 2.10 bits per heavy atom. The van der Waals surface area contributed by atoms with Crippen LogP contribution in [-0.2, 0) is 5.88 Å². The highest BCUT2D eigenvalue weighted by atomic mass is 35.5. The lowest BCUT2D eigenvalue weighted by atomic mass is 10.2. The molecular formula is C14H10Cl2FN3. The maximum absolute atomic E-state index is 13.5. The van der Waals surface area contributed by atoms with Crippen molar-refractivity contribution < 1.29 is 4.39 Å². The van der Waals surface area contributed by atoms with Crippen molar-refractivity contribution in [2.24, 2.45) is 0 Å². The van der Waals surface area contributed by atoms with E-state index in [9.17, 15) is 4.39 Å². The molecule has 0 fully saturated rings. The molecule has 0 saturated heterocycles. The van der Waals surface area contributed by atoms with Gasteiger partial charge in [0.2, 0.25) is 0 Å². The zero-order chi connectivity index (χ0) is 14.3. The van der Waals surface area contributed by atoms with E-state index in [4.69, 9.17) is 23.2 Å². The Labute approximate surface area is 125 Å². The summed E-state index contributed by atoms with van der Waals surface area (Å²) in [5.41, 5.74) is 2.83. The number of pyridine rings is 1. The van der Waals surface area contributed by atoms with Crippen molar-refractivity contribution in [2.75, 3.05) is 0 Å². The lowest BCUT2D eigenvalue weighted by Crippen LogP contribution is -2.01. The largest absolute Gasteiger partial charge is 0.278 e. The Balaban J connectivity index is 2.40. The number of nitrogens with zero attached hydrogens (tertiary/aromatic N) is 3. The van der Waals surface area contributed by atoms with Gasteiger partial charge in [-0.1, -0.05) is 11.6 Å². The number of aromatic nitrogens is 3. The molecule has 6 heteroatoms. The van der Waals surface area contributed by atoms with Crippen LogP contribution in [0.25, 0.3) is 16.9 Å². The molecule has 0 aliphatic heterocycles. The lowest BCUT2D eigenvalue weighted by Gasteiger charge is -2.09. The Kier molecular flexibility index (Phi) is 3.36. The third kappa shape index (κ3) is 2.05. The van der Waals surface area contributed by atoms with Crippen LogP contribution in [0.15, 0.2) is 30.5 Å². The second kappa shape index (κ2) is 5.04. The number of rotatable bonds is 2. The Morgan fingerprint density at radius 1 is 1.30 bits per heavy atom. The van der Waals surface area contributed by atoms with Crippen LogP contribution in [0.3, 0.4) is 0 Å². The number of aryl methyl sites for hydroxylation is 1. The van der Waals surface area contributed by atoms with Gasteiger partial charge in [0.1, 0.15) is 17.2 Å². The SMILES string of the molecule is Cc1ccnc2c1nc(CCl)n2-c1cc(F)ccc1Cl. The fourth-order valence-electron chi connectivity index (χ4n) is 2.14. The van der Waals surface area contributed by atoms with Crippen LogP contribution in [0.4, 0.5) is 4.39 Å². The molecule has 3 rings (SSSR count). The van der Waals surface area contributed by atoms with Crippen molar-refractivity contribution in [3.63, 3.8) is 0 Å². The summed E-state index contributed by atoms with van der Waals surface area (Å²) in [5.74, 6) is 0.387. The molecule has 0 unspecified atom stereocenters. The fourth-order valence-corrected chi connectivity index (χ4v) is 2.52. The molecule has 3 aromatic rings. The van der Waals surface area contributed by atoms with Crippen LogP contribution in [0.5, 0.6) is 0 Å². The van der Waals surface area contributed by atoms with Crippen LogP contribution in [0.1, 0.15) is 11.4 Å². The van der Waals surface area contributed by atoms with E-state index in [1.54, 1.807) is 10.8 Å². The van der Waals surface area contributed by atoms with Gasteiger partial charge in [-0.25, -0.2) is 14.4 Å². The molecule has 0 radical (unpaired) electrons. The number of hydrogen-bond donors (Lipinski definition) is 0. The zero-order valence-corrected chi connectivity index (χ0v) is 12.1. The minimum absolute atomic E-state index is 0.183. The molecule has 0 amide bonds. The van der Waals surface area contributed by atoms with Gasteiger partial charge < -0.3 is 0 Å². The van der Waals surface area contributed by atoms with Crippen molar-refractivity contribution in [2.45, 2.75) is 12.8 Å². The average molecular weight is 310 g/mol. The van der Waals surface area contributed by atoms with Gasteiger partial charge in [0.05, 0.1) is 16.6 Å². The van der Waals surface area contributed by atoms with Gasteiger partial charge in [-0.2, -0.15) is 0 Å². The van der Waals surface area contributed by atoms with E-state index in [0.717, 1.165) is 11.1 Å². The van der Waals surface area contributed by atoms with Crippen LogP contribution in [0, 0.1) is 12.7 Å². The molecular weight excluding hydrogens is 300 g/mol. The Bertz CT molecular complexity index is 798. The average Bonchev–Trinajstić information content (AvgIpc) is 2.81. The maximum atomic E-state index is 13.5. The van der Waals surface area contributed by atoms with E-state index in [1.165, 1.54) is 18.2 Å². The van der Waals surface area contributed by atoms with Gasteiger partial charge in [0.15, 0.2) is 5.65 Å². The third-order valence-electron chi connectivity index (χ3n) is 3.09. The highest BCUT2D eigenvalue weighted by Crippen LogP contribution is 2.28. The number of alkyl halides is 1. The highest BCUT2D eigenvalue weighted by Gasteiger charge is 2.16. The molecule has 0 saturated carbocycles. The summed E-state index contributed by atoms with van der Waals surface area (Å²) in [7, 11) is 0. The number of imidazole rings is 1. The standard InChI is InChI=1S/C14H10Cl2FN3/c1-8-4-5-18-14-13(8)19-12(7-15)20(14)11-6-9(17)2-3-10(11)16/h2-6H,7H2,1H3. The summed E-state index contributed by atoms with van der Waals surface area (Å²) in [5, 5.41) is 0.417. The van der Waals surface area contributed by atoms with E-state index in [-0.39, 0.29) is 11.7 Å². The first kappa shape index (κ1) is 13.3. The van der Waals surface area contributed by atoms with Gasteiger partial charge in [-0.3, -0.25) is 4.57 Å². The minimum atomic E-state index is -0.376. The Morgan fingerprint density at radius 3 is 2.85 bits per heavy atom. The van der Waals surface area contributed by atoms with Crippen LogP contribution < -0.4 is 0 Å². The quantitative estimate of drug-likeness (QED) is 0.662. The fraction of sp³-hybridized carbons (Fsp3) is 0.143. The molecule has 2 heterocycles.